The molecule has 7 amide bonds. The number of alkyl halides is 1. The van der Waals surface area contributed by atoms with Crippen LogP contribution in [0.5, 0.6) is 0 Å². The fourth-order valence-electron chi connectivity index (χ4n) is 4.52. The van der Waals surface area contributed by atoms with Crippen molar-refractivity contribution in [3.05, 3.63) is 22.8 Å². The van der Waals surface area contributed by atoms with Crippen LogP contribution in [0.3, 0.4) is 0 Å². The molecule has 0 radical (unpaired) electrons. The molecule has 3 aliphatic rings. The van der Waals surface area contributed by atoms with Gasteiger partial charge in [0, 0.05) is 24.2 Å². The first-order chi connectivity index (χ1) is 24.4. The predicted octanol–water partition coefficient (Wildman–Crippen LogP) is -3.61. The molecule has 8 N–H and O–H groups in total. The number of amides is 7. The standard InChI is InChI=1S/C24H25ClN10O15S2/c1-9(25)50-24(45)48-6-12-17(30-19(41)16(32-49-7-15(38)39)11-8-51-21(26)29-11)20(42)35(12,31-18(40)10-4-13(36)14(37)5-28-10)23(44)33-52(46,47)34-3-2-27-22(34)43/h4-5,8-9,12,14,17,37H,2-3,6-7H2,1H3,(H6-,26,27,29,30,31,33,38,39,40,41,43,44)/p+1/b32-16-/t9?,12?,14?,17-,35-/m0/s1. The SMILES string of the molecule is CC(Cl)OC(=O)OCC1[C@H](NC(=O)/C(=N\OCC(=O)O)c2csc(N)n2)C(=O)[N@+]1(NC(=O)C1=CC(=O)C(O)C=N1)C(=O)NS(=O)(=O)N1CCNC1=O. The van der Waals surface area contributed by atoms with Gasteiger partial charge < -0.3 is 40.9 Å². The Bertz CT molecular complexity index is 1920. The smallest absolute Gasteiger partial charge is 0.479 e. The number of nitrogen functional groups attached to an aromatic ring is 1. The van der Waals surface area contributed by atoms with Gasteiger partial charge in [0.25, 0.3) is 5.91 Å². The topological polar surface area (TPSA) is 354 Å². The zero-order valence-electron chi connectivity index (χ0n) is 26.1. The molecule has 280 valence electrons. The molecule has 3 unspecified atom stereocenters. The third-order valence-corrected chi connectivity index (χ3v) is 8.94. The number of β-lactam (4-membered cyclic amide) rings is 1. The predicted molar refractivity (Wildman–Crippen MR) is 169 cm³/mol. The molecular formula is C24H26ClN10O15S2+. The summed E-state index contributed by atoms with van der Waals surface area (Å²) in [6.45, 7) is -1.59. The molecule has 4 rings (SSSR count). The van der Waals surface area contributed by atoms with Gasteiger partial charge in [0.1, 0.15) is 11.4 Å². The number of aliphatic carboxylic acids is 1. The Morgan fingerprint density at radius 1 is 1.27 bits per heavy atom. The number of urea groups is 2. The van der Waals surface area contributed by atoms with E-state index >= 15 is 0 Å². The van der Waals surface area contributed by atoms with Crippen LogP contribution in [0.15, 0.2) is 27.3 Å². The monoisotopic (exact) mass is 793 g/mol. The lowest BCUT2D eigenvalue weighted by molar-refractivity contribution is -0.868. The number of thiazole rings is 1. The Balaban J connectivity index is 1.76. The maximum Gasteiger partial charge on any atom is 0.509 e. The summed E-state index contributed by atoms with van der Waals surface area (Å²) in [6, 6.07) is -7.05. The number of aromatic nitrogens is 1. The lowest BCUT2D eigenvalue weighted by Crippen LogP contribution is -2.90. The van der Waals surface area contributed by atoms with Crippen molar-refractivity contribution in [3.63, 3.8) is 0 Å². The number of likely N-dealkylation sites (tertiary alicyclic amines) is 1. The Kier molecular flexibility index (Phi) is 11.7. The molecule has 25 nitrogen and oxygen atoms in total. The second-order valence-electron chi connectivity index (χ2n) is 10.3. The quantitative estimate of drug-likeness (QED) is 0.0268. The molecule has 28 heteroatoms. The molecule has 1 aromatic heterocycles. The number of ether oxygens (including phenoxy) is 2. The zero-order chi connectivity index (χ0) is 38.5. The number of aliphatic hydroxyl groups excluding tert-OH is 1. The zero-order valence-corrected chi connectivity index (χ0v) is 28.5. The number of carboxylic acids is 1. The van der Waals surface area contributed by atoms with Crippen molar-refractivity contribution in [3.8, 4) is 0 Å². The minimum absolute atomic E-state index is 0.0830. The number of nitrogens with one attached hydrogen (secondary N) is 4. The first-order valence-electron chi connectivity index (χ1n) is 14.1. The maximum absolute atomic E-state index is 14.0. The number of hydrogen-bond donors (Lipinski definition) is 7. The van der Waals surface area contributed by atoms with Crippen LogP contribution in [0.1, 0.15) is 12.6 Å². The number of halogens is 1. The van der Waals surface area contributed by atoms with Gasteiger partial charge in [-0.1, -0.05) is 21.3 Å². The molecule has 0 bridgehead atoms. The van der Waals surface area contributed by atoms with Crippen LogP contribution in [-0.4, -0.2) is 142 Å². The van der Waals surface area contributed by atoms with Gasteiger partial charge in [0.15, 0.2) is 40.9 Å². The van der Waals surface area contributed by atoms with Crippen LogP contribution in [-0.2, 0) is 48.5 Å². The van der Waals surface area contributed by atoms with E-state index in [1.807, 2.05) is 5.43 Å². The number of nitrogens with zero attached hydrogens (tertiary/aromatic N) is 5. The van der Waals surface area contributed by atoms with Gasteiger partial charge in [-0.25, -0.2) is 33.3 Å². The largest absolute Gasteiger partial charge is 0.509 e. The highest BCUT2D eigenvalue weighted by Gasteiger charge is 2.72. The highest BCUT2D eigenvalue weighted by molar-refractivity contribution is 7.88. The number of aliphatic imine (C=N–C) groups is 1. The summed E-state index contributed by atoms with van der Waals surface area (Å²) in [5, 5.41) is 27.4. The average Bonchev–Trinajstić information content (AvgIpc) is 3.70. The molecule has 3 aliphatic heterocycles. The number of oxime groups is 1. The van der Waals surface area contributed by atoms with Crippen LogP contribution in [0.25, 0.3) is 0 Å². The van der Waals surface area contributed by atoms with Gasteiger partial charge in [-0.05, 0) is 6.92 Å². The molecule has 2 saturated heterocycles. The molecule has 0 saturated carbocycles. The molecular weight excluding hydrogens is 768 g/mol. The van der Waals surface area contributed by atoms with Crippen molar-refractivity contribution in [2.24, 2.45) is 10.1 Å². The third kappa shape index (κ3) is 8.39. The highest BCUT2D eigenvalue weighted by atomic mass is 35.5. The number of aliphatic hydroxyl groups is 1. The number of carboxylic acid groups (broad SMARTS) is 1. The van der Waals surface area contributed by atoms with E-state index in [-0.39, 0.29) is 21.7 Å². The Morgan fingerprint density at radius 3 is 2.56 bits per heavy atom. The lowest BCUT2D eigenvalue weighted by Gasteiger charge is -2.48. The number of anilines is 1. The Hall–Kier alpha value is -5.77. The van der Waals surface area contributed by atoms with Crippen molar-refractivity contribution in [1.82, 2.24) is 30.1 Å². The van der Waals surface area contributed by atoms with E-state index in [2.05, 4.69) is 35.3 Å². The molecule has 5 atom stereocenters. The summed E-state index contributed by atoms with van der Waals surface area (Å²) >= 11 is 6.46. The fourth-order valence-corrected chi connectivity index (χ4v) is 6.23. The third-order valence-electron chi connectivity index (χ3n) is 6.82. The lowest BCUT2D eigenvalue weighted by atomic mass is 9.93. The van der Waals surface area contributed by atoms with Crippen LogP contribution < -0.4 is 26.5 Å². The summed E-state index contributed by atoms with van der Waals surface area (Å²) in [5.41, 5.74) is 4.45. The minimum Gasteiger partial charge on any atom is -0.479 e. The Morgan fingerprint density at radius 2 is 1.98 bits per heavy atom. The van der Waals surface area contributed by atoms with Gasteiger partial charge in [-0.2, -0.15) is 18.6 Å². The first kappa shape index (κ1) is 39.0. The molecule has 0 aromatic carbocycles. The Labute approximate surface area is 299 Å². The van der Waals surface area contributed by atoms with E-state index in [1.165, 1.54) is 17.0 Å². The van der Waals surface area contributed by atoms with E-state index in [1.54, 1.807) is 0 Å². The first-order valence-corrected chi connectivity index (χ1v) is 16.9. The summed E-state index contributed by atoms with van der Waals surface area (Å²) in [5.74, 6) is -6.89. The second kappa shape index (κ2) is 15.6. The van der Waals surface area contributed by atoms with Crippen molar-refractivity contribution in [2.75, 3.05) is 32.0 Å². The molecule has 52 heavy (non-hydrogen) atoms. The molecule has 4 heterocycles. The molecule has 0 spiro atoms. The van der Waals surface area contributed by atoms with E-state index in [0.29, 0.717) is 12.3 Å². The molecule has 2 fully saturated rings. The second-order valence-corrected chi connectivity index (χ2v) is 13.4. The van der Waals surface area contributed by atoms with Crippen LogP contribution in [0.2, 0.25) is 0 Å². The number of ketones is 1. The van der Waals surface area contributed by atoms with Crippen molar-refractivity contribution >= 4 is 97.9 Å². The van der Waals surface area contributed by atoms with Crippen molar-refractivity contribution in [1.29, 1.82) is 0 Å². The normalized spacial score (nSPS) is 23.4. The van der Waals surface area contributed by atoms with E-state index in [4.69, 9.17) is 27.2 Å². The minimum atomic E-state index is -5.11. The van der Waals surface area contributed by atoms with Gasteiger partial charge in [-0.3, -0.25) is 19.4 Å². The summed E-state index contributed by atoms with van der Waals surface area (Å²) in [6.07, 6.45) is -2.07. The van der Waals surface area contributed by atoms with Gasteiger partial charge in [0.05, 0.1) is 6.54 Å². The summed E-state index contributed by atoms with van der Waals surface area (Å²) in [4.78, 5) is 114. The number of nitrogens with two attached hydrogens (primary N) is 1. The summed E-state index contributed by atoms with van der Waals surface area (Å²) in [7, 11) is -5.11. The van der Waals surface area contributed by atoms with E-state index in [0.717, 1.165) is 11.3 Å². The number of quaternary nitrogens is 1. The van der Waals surface area contributed by atoms with Gasteiger partial charge in [0.2, 0.25) is 12.6 Å². The van der Waals surface area contributed by atoms with Crippen molar-refractivity contribution < 1.29 is 75.9 Å². The number of hydrogen-bond acceptors (Lipinski definition) is 19. The number of imide groups is 1. The van der Waals surface area contributed by atoms with Gasteiger partial charge in [-0.15, -0.1) is 11.3 Å². The van der Waals surface area contributed by atoms with Crippen LogP contribution in [0, 0.1) is 0 Å². The molecule has 1 aromatic rings. The fraction of sp³-hybridized carbons (Fsp3) is 0.375. The van der Waals surface area contributed by atoms with Gasteiger partial charge >= 0.3 is 46.2 Å². The van der Waals surface area contributed by atoms with E-state index < -0.39 is 117 Å². The maximum atomic E-state index is 14.0. The molecule has 0 aliphatic carbocycles. The average molecular weight is 794 g/mol. The number of rotatable bonds is 12. The van der Waals surface area contributed by atoms with E-state index in [9.17, 15) is 51.9 Å². The number of carbonyl (C=O) groups is 8. The van der Waals surface area contributed by atoms with Crippen molar-refractivity contribution in [2.45, 2.75) is 30.7 Å². The van der Waals surface area contributed by atoms with Crippen LogP contribution >= 0.6 is 22.9 Å². The van der Waals surface area contributed by atoms with Crippen LogP contribution in [0.4, 0.5) is 19.5 Å². The summed E-state index contributed by atoms with van der Waals surface area (Å²) < 4.78 is 35.3. The number of carbonyl (C=O) groups excluding carboxylic acids is 7. The highest BCUT2D eigenvalue weighted by Crippen LogP contribution is 2.31.